The van der Waals surface area contributed by atoms with Gasteiger partial charge in [0.2, 0.25) is 5.95 Å². The normalized spacial score (nSPS) is 10.1. The molecule has 0 fully saturated rings. The minimum atomic E-state index is -0.447. The van der Waals surface area contributed by atoms with E-state index in [9.17, 15) is 4.79 Å². The molecule has 0 saturated carbocycles. The summed E-state index contributed by atoms with van der Waals surface area (Å²) in [5.41, 5.74) is 0.364. The van der Waals surface area contributed by atoms with E-state index < -0.39 is 5.97 Å². The van der Waals surface area contributed by atoms with Crippen LogP contribution in [0.2, 0.25) is 0 Å². The molecule has 0 aliphatic rings. The SMILES string of the molecule is COC(=O)c1c(N(C)C)nc(N(C)C)nc1N(C)C. The highest BCUT2D eigenvalue weighted by Crippen LogP contribution is 2.28. The number of hydrogen-bond donors (Lipinski definition) is 0. The summed E-state index contributed by atoms with van der Waals surface area (Å²) in [4.78, 5) is 26.1. The van der Waals surface area contributed by atoms with Crippen molar-refractivity contribution in [2.75, 3.05) is 64.1 Å². The highest BCUT2D eigenvalue weighted by atomic mass is 16.5. The van der Waals surface area contributed by atoms with Crippen LogP contribution in [0.4, 0.5) is 17.6 Å². The second-order valence-electron chi connectivity index (χ2n) is 4.72. The molecule has 0 aliphatic heterocycles. The van der Waals surface area contributed by atoms with Gasteiger partial charge in [-0.1, -0.05) is 0 Å². The van der Waals surface area contributed by atoms with Crippen LogP contribution < -0.4 is 14.7 Å². The molecule has 0 unspecified atom stereocenters. The molecular formula is C12H21N5O2. The number of carbonyl (C=O) groups is 1. The molecule has 1 heterocycles. The first-order valence-electron chi connectivity index (χ1n) is 5.82. The third-order valence-electron chi connectivity index (χ3n) is 2.50. The lowest BCUT2D eigenvalue weighted by molar-refractivity contribution is 0.0601. The van der Waals surface area contributed by atoms with Gasteiger partial charge in [-0.2, -0.15) is 9.97 Å². The van der Waals surface area contributed by atoms with Gasteiger partial charge in [-0.05, 0) is 0 Å². The summed E-state index contributed by atoms with van der Waals surface area (Å²) in [7, 11) is 12.4. The van der Waals surface area contributed by atoms with Crippen LogP contribution in [0, 0.1) is 0 Å². The van der Waals surface area contributed by atoms with Gasteiger partial charge in [0, 0.05) is 42.3 Å². The number of esters is 1. The first-order chi connectivity index (χ1) is 8.79. The van der Waals surface area contributed by atoms with E-state index in [1.807, 2.05) is 42.3 Å². The third-order valence-corrected chi connectivity index (χ3v) is 2.50. The molecule has 0 amide bonds. The van der Waals surface area contributed by atoms with Crippen LogP contribution in [0.1, 0.15) is 10.4 Å². The van der Waals surface area contributed by atoms with Crippen molar-refractivity contribution >= 4 is 23.6 Å². The smallest absolute Gasteiger partial charge is 0.345 e. The van der Waals surface area contributed by atoms with Gasteiger partial charge in [0.15, 0.2) is 11.6 Å². The van der Waals surface area contributed by atoms with Crippen molar-refractivity contribution in [1.29, 1.82) is 0 Å². The summed E-state index contributed by atoms with van der Waals surface area (Å²) in [6.45, 7) is 0. The van der Waals surface area contributed by atoms with E-state index in [0.717, 1.165) is 0 Å². The molecule has 0 atom stereocenters. The molecule has 19 heavy (non-hydrogen) atoms. The number of ether oxygens (including phenoxy) is 1. The maximum absolute atomic E-state index is 12.0. The fourth-order valence-electron chi connectivity index (χ4n) is 1.56. The Balaban J connectivity index is 3.60. The quantitative estimate of drug-likeness (QED) is 0.734. The van der Waals surface area contributed by atoms with Crippen molar-refractivity contribution in [2.45, 2.75) is 0 Å². The molecule has 0 radical (unpaired) electrons. The fourth-order valence-corrected chi connectivity index (χ4v) is 1.56. The van der Waals surface area contributed by atoms with Crippen molar-refractivity contribution < 1.29 is 9.53 Å². The van der Waals surface area contributed by atoms with E-state index in [4.69, 9.17) is 4.74 Å². The Morgan fingerprint density at radius 1 is 0.895 bits per heavy atom. The maximum atomic E-state index is 12.0. The van der Waals surface area contributed by atoms with Crippen LogP contribution in [0.15, 0.2) is 0 Å². The molecule has 0 N–H and O–H groups in total. The summed E-state index contributed by atoms with van der Waals surface area (Å²) in [5, 5.41) is 0. The van der Waals surface area contributed by atoms with E-state index >= 15 is 0 Å². The third kappa shape index (κ3) is 3.04. The Morgan fingerprint density at radius 2 is 1.32 bits per heavy atom. The van der Waals surface area contributed by atoms with Crippen molar-refractivity contribution in [3.05, 3.63) is 5.56 Å². The van der Waals surface area contributed by atoms with E-state index in [1.165, 1.54) is 7.11 Å². The van der Waals surface area contributed by atoms with Gasteiger partial charge in [0.25, 0.3) is 0 Å². The monoisotopic (exact) mass is 267 g/mol. The van der Waals surface area contributed by atoms with Crippen LogP contribution in [0.25, 0.3) is 0 Å². The number of nitrogens with zero attached hydrogens (tertiary/aromatic N) is 5. The molecule has 1 aromatic rings. The molecule has 7 nitrogen and oxygen atoms in total. The standard InChI is InChI=1S/C12H21N5O2/c1-15(2)9-8(11(18)19-7)10(16(3)4)14-12(13-9)17(5)6/h1-7H3. The Kier molecular flexibility index (Phi) is 4.52. The van der Waals surface area contributed by atoms with E-state index in [2.05, 4.69) is 9.97 Å². The summed E-state index contributed by atoms with van der Waals surface area (Å²) in [6.07, 6.45) is 0. The second kappa shape index (κ2) is 5.73. The van der Waals surface area contributed by atoms with Crippen LogP contribution in [-0.2, 0) is 4.74 Å². The zero-order chi connectivity index (χ0) is 14.7. The molecular weight excluding hydrogens is 246 g/mol. The number of carbonyl (C=O) groups excluding carboxylic acids is 1. The van der Waals surface area contributed by atoms with Crippen LogP contribution >= 0.6 is 0 Å². The van der Waals surface area contributed by atoms with Gasteiger partial charge in [-0.25, -0.2) is 4.79 Å². The van der Waals surface area contributed by atoms with Gasteiger partial charge in [-0.3, -0.25) is 0 Å². The van der Waals surface area contributed by atoms with E-state index in [-0.39, 0.29) is 0 Å². The molecule has 106 valence electrons. The topological polar surface area (TPSA) is 61.8 Å². The van der Waals surface area contributed by atoms with Crippen molar-refractivity contribution in [2.24, 2.45) is 0 Å². The average molecular weight is 267 g/mol. The van der Waals surface area contributed by atoms with Crippen LogP contribution in [0.3, 0.4) is 0 Å². The Bertz CT molecular complexity index is 442. The molecule has 0 bridgehead atoms. The largest absolute Gasteiger partial charge is 0.465 e. The summed E-state index contributed by atoms with van der Waals surface area (Å²) in [5.74, 6) is 1.17. The average Bonchev–Trinajstić information content (AvgIpc) is 2.35. The van der Waals surface area contributed by atoms with E-state index in [0.29, 0.717) is 23.1 Å². The molecule has 0 spiro atoms. The Hall–Kier alpha value is -2.05. The zero-order valence-electron chi connectivity index (χ0n) is 12.6. The van der Waals surface area contributed by atoms with E-state index in [1.54, 1.807) is 14.7 Å². The number of hydrogen-bond acceptors (Lipinski definition) is 7. The molecule has 0 saturated heterocycles. The van der Waals surface area contributed by atoms with Crippen LogP contribution in [-0.4, -0.2) is 65.3 Å². The van der Waals surface area contributed by atoms with Gasteiger partial charge in [0.05, 0.1) is 7.11 Å². The van der Waals surface area contributed by atoms with Crippen LogP contribution in [0.5, 0.6) is 0 Å². The highest BCUT2D eigenvalue weighted by molar-refractivity contribution is 6.00. The second-order valence-corrected chi connectivity index (χ2v) is 4.72. The number of rotatable bonds is 4. The lowest BCUT2D eigenvalue weighted by Gasteiger charge is -2.23. The molecule has 1 aromatic heterocycles. The first kappa shape index (κ1) is 15.0. The van der Waals surface area contributed by atoms with Crippen molar-refractivity contribution in [3.63, 3.8) is 0 Å². The maximum Gasteiger partial charge on any atom is 0.345 e. The highest BCUT2D eigenvalue weighted by Gasteiger charge is 2.24. The first-order valence-corrected chi connectivity index (χ1v) is 5.82. The minimum Gasteiger partial charge on any atom is -0.465 e. The number of methoxy groups -OCH3 is 1. The fraction of sp³-hybridized carbons (Fsp3) is 0.583. The minimum absolute atomic E-state index is 0.364. The lowest BCUT2D eigenvalue weighted by Crippen LogP contribution is -2.25. The zero-order valence-corrected chi connectivity index (χ0v) is 12.6. The molecule has 0 aromatic carbocycles. The van der Waals surface area contributed by atoms with Gasteiger partial charge in [-0.15, -0.1) is 0 Å². The summed E-state index contributed by atoms with van der Waals surface area (Å²) in [6, 6.07) is 0. The molecule has 7 heteroatoms. The van der Waals surface area contributed by atoms with Gasteiger partial charge < -0.3 is 19.4 Å². The number of aromatic nitrogens is 2. The predicted molar refractivity (Wildman–Crippen MR) is 76.4 cm³/mol. The van der Waals surface area contributed by atoms with Crippen molar-refractivity contribution in [1.82, 2.24) is 9.97 Å². The lowest BCUT2D eigenvalue weighted by atomic mass is 10.2. The Labute approximate surface area is 113 Å². The predicted octanol–water partition coefficient (Wildman–Crippen LogP) is 0.461. The Morgan fingerprint density at radius 3 is 1.58 bits per heavy atom. The molecule has 0 aliphatic carbocycles. The summed E-state index contributed by atoms with van der Waals surface area (Å²) < 4.78 is 4.83. The van der Waals surface area contributed by atoms with Crippen molar-refractivity contribution in [3.8, 4) is 0 Å². The van der Waals surface area contributed by atoms with Gasteiger partial charge in [0.1, 0.15) is 5.56 Å². The molecule has 1 rings (SSSR count). The summed E-state index contributed by atoms with van der Waals surface area (Å²) >= 11 is 0. The van der Waals surface area contributed by atoms with Gasteiger partial charge >= 0.3 is 5.97 Å². The number of anilines is 3.